The molecule has 5 rings (SSSR count). The van der Waals surface area contributed by atoms with Crippen molar-refractivity contribution in [2.24, 2.45) is 11.8 Å². The molecule has 2 heterocycles. The van der Waals surface area contributed by atoms with Crippen molar-refractivity contribution >= 4 is 23.4 Å². The number of nitrogens with one attached hydrogen (secondary N) is 1. The number of hydrogen-bond donors (Lipinski definition) is 1. The monoisotopic (exact) mass is 408 g/mol. The third-order valence-corrected chi connectivity index (χ3v) is 6.28. The Morgan fingerprint density at radius 3 is 2.50 bits per heavy atom. The minimum atomic E-state index is -0.232. The molecule has 3 aliphatic rings. The Balaban J connectivity index is 1.21. The highest BCUT2D eigenvalue weighted by molar-refractivity contribution is 6.05. The molecule has 2 atom stereocenters. The summed E-state index contributed by atoms with van der Waals surface area (Å²) in [5, 5.41) is 14.8. The maximum absolute atomic E-state index is 12.5. The fourth-order valence-corrected chi connectivity index (χ4v) is 4.57. The quantitative estimate of drug-likeness (QED) is 0.734. The van der Waals surface area contributed by atoms with Gasteiger partial charge in [0.1, 0.15) is 0 Å². The van der Waals surface area contributed by atoms with Crippen molar-refractivity contribution in [1.82, 2.24) is 25.1 Å². The molecule has 3 amide bonds. The van der Waals surface area contributed by atoms with Crippen LogP contribution in [-0.2, 0) is 14.4 Å². The maximum Gasteiger partial charge on any atom is 0.233 e. The molecule has 0 spiro atoms. The molecular weight excluding hydrogens is 384 g/mol. The van der Waals surface area contributed by atoms with E-state index in [0.29, 0.717) is 17.6 Å². The Morgan fingerprint density at radius 2 is 1.80 bits per heavy atom. The van der Waals surface area contributed by atoms with E-state index in [9.17, 15) is 14.4 Å². The van der Waals surface area contributed by atoms with Gasteiger partial charge in [0.05, 0.1) is 17.9 Å². The number of nitrogens with zero attached hydrogens (tertiary/aromatic N) is 5. The van der Waals surface area contributed by atoms with Crippen molar-refractivity contribution in [3.05, 3.63) is 24.3 Å². The van der Waals surface area contributed by atoms with Crippen LogP contribution in [0.1, 0.15) is 51.0 Å². The number of fused-ring (bicyclic) bond motifs is 1. The van der Waals surface area contributed by atoms with Crippen molar-refractivity contribution in [3.8, 4) is 11.4 Å². The van der Waals surface area contributed by atoms with Crippen LogP contribution in [0, 0.1) is 11.8 Å². The van der Waals surface area contributed by atoms with E-state index in [1.165, 1.54) is 4.90 Å². The third-order valence-electron chi connectivity index (χ3n) is 6.28. The lowest BCUT2D eigenvalue weighted by atomic mass is 9.81. The highest BCUT2D eigenvalue weighted by Gasteiger charge is 2.47. The van der Waals surface area contributed by atoms with Crippen LogP contribution >= 0.6 is 0 Å². The molecule has 2 saturated carbocycles. The molecular formula is C21H24N6O3. The van der Waals surface area contributed by atoms with Crippen LogP contribution in [0.2, 0.25) is 0 Å². The number of aromatic nitrogens is 4. The average Bonchev–Trinajstić information content (AvgIpc) is 3.43. The number of imide groups is 1. The standard InChI is InChI=1S/C21H24N6O3/c28-18(10-11-26-20(29)16-6-1-2-7-17(16)21(26)30)22-14-5-3-4-13(12-14)19-23-24-25-27(19)15-8-9-15/h3-5,12,15-17H,1-2,6-11H2,(H,22,28)/t16-,17-/m0/s1. The first-order chi connectivity index (χ1) is 14.6. The molecule has 1 aromatic heterocycles. The Hall–Kier alpha value is -3.10. The zero-order valence-corrected chi connectivity index (χ0v) is 16.7. The number of likely N-dealkylation sites (tertiary alicyclic amines) is 1. The summed E-state index contributed by atoms with van der Waals surface area (Å²) >= 11 is 0. The predicted octanol–water partition coefficient (Wildman–Crippen LogP) is 2.18. The molecule has 2 aromatic rings. The molecule has 1 aromatic carbocycles. The zero-order valence-electron chi connectivity index (χ0n) is 16.7. The lowest BCUT2D eigenvalue weighted by Crippen LogP contribution is -2.34. The summed E-state index contributed by atoms with van der Waals surface area (Å²) in [4.78, 5) is 38.8. The second-order valence-electron chi connectivity index (χ2n) is 8.38. The normalized spacial score (nSPS) is 23.5. The molecule has 0 unspecified atom stereocenters. The molecule has 9 nitrogen and oxygen atoms in total. The molecule has 2 aliphatic carbocycles. The zero-order chi connectivity index (χ0) is 20.7. The van der Waals surface area contributed by atoms with Gasteiger partial charge in [-0.15, -0.1) is 5.10 Å². The van der Waals surface area contributed by atoms with Crippen LogP contribution in [0.25, 0.3) is 11.4 Å². The number of carbonyl (C=O) groups excluding carboxylic acids is 3. The maximum atomic E-state index is 12.5. The van der Waals surface area contributed by atoms with Crippen LogP contribution in [0.3, 0.4) is 0 Å². The Bertz CT molecular complexity index is 974. The van der Waals surface area contributed by atoms with Crippen LogP contribution in [0.5, 0.6) is 0 Å². The van der Waals surface area contributed by atoms with Gasteiger partial charge < -0.3 is 5.32 Å². The van der Waals surface area contributed by atoms with Gasteiger partial charge in [0.25, 0.3) is 0 Å². The van der Waals surface area contributed by atoms with E-state index < -0.39 is 0 Å². The van der Waals surface area contributed by atoms with E-state index in [0.717, 1.165) is 44.1 Å². The molecule has 1 N–H and O–H groups in total. The molecule has 1 saturated heterocycles. The van der Waals surface area contributed by atoms with Crippen LogP contribution < -0.4 is 5.32 Å². The smallest absolute Gasteiger partial charge is 0.233 e. The summed E-state index contributed by atoms with van der Waals surface area (Å²) < 4.78 is 1.82. The Labute approximate surface area is 173 Å². The van der Waals surface area contributed by atoms with Crippen molar-refractivity contribution in [1.29, 1.82) is 0 Å². The molecule has 1 aliphatic heterocycles. The summed E-state index contributed by atoms with van der Waals surface area (Å²) in [5.41, 5.74) is 1.47. The first kappa shape index (κ1) is 18.9. The van der Waals surface area contributed by atoms with E-state index >= 15 is 0 Å². The van der Waals surface area contributed by atoms with Crippen molar-refractivity contribution in [3.63, 3.8) is 0 Å². The molecule has 0 bridgehead atoms. The number of rotatable bonds is 6. The second kappa shape index (κ2) is 7.62. The summed E-state index contributed by atoms with van der Waals surface area (Å²) in [6, 6.07) is 7.74. The molecule has 30 heavy (non-hydrogen) atoms. The predicted molar refractivity (Wildman–Crippen MR) is 107 cm³/mol. The van der Waals surface area contributed by atoms with Crippen LogP contribution in [0.4, 0.5) is 5.69 Å². The largest absolute Gasteiger partial charge is 0.326 e. The van der Waals surface area contributed by atoms with Gasteiger partial charge in [-0.2, -0.15) is 0 Å². The van der Waals surface area contributed by atoms with Crippen LogP contribution in [-0.4, -0.2) is 49.4 Å². The van der Waals surface area contributed by atoms with E-state index in [2.05, 4.69) is 20.8 Å². The van der Waals surface area contributed by atoms with Gasteiger partial charge in [0.2, 0.25) is 17.7 Å². The molecule has 156 valence electrons. The SMILES string of the molecule is O=C(CCN1C(=O)[C@H]2CCCC[C@@H]2C1=O)Nc1cccc(-c2nnnn2C2CC2)c1. The van der Waals surface area contributed by atoms with Crippen LogP contribution in [0.15, 0.2) is 24.3 Å². The van der Waals surface area contributed by atoms with Gasteiger partial charge in [-0.25, -0.2) is 4.68 Å². The minimum Gasteiger partial charge on any atom is -0.326 e. The van der Waals surface area contributed by atoms with Gasteiger partial charge in [-0.3, -0.25) is 19.3 Å². The van der Waals surface area contributed by atoms with E-state index in [-0.39, 0.29) is 42.5 Å². The Kier molecular flexibility index (Phi) is 4.80. The number of amides is 3. The van der Waals surface area contributed by atoms with Gasteiger partial charge in [-0.1, -0.05) is 25.0 Å². The van der Waals surface area contributed by atoms with Crippen molar-refractivity contribution in [2.75, 3.05) is 11.9 Å². The lowest BCUT2D eigenvalue weighted by molar-refractivity contribution is -0.140. The summed E-state index contributed by atoms with van der Waals surface area (Å²) in [5.74, 6) is -0.112. The van der Waals surface area contributed by atoms with Gasteiger partial charge >= 0.3 is 0 Å². The number of carbonyl (C=O) groups is 3. The molecule has 0 radical (unpaired) electrons. The van der Waals surface area contributed by atoms with Crippen molar-refractivity contribution in [2.45, 2.75) is 51.0 Å². The lowest BCUT2D eigenvalue weighted by Gasteiger charge is -2.19. The van der Waals surface area contributed by atoms with E-state index in [4.69, 9.17) is 0 Å². The first-order valence-corrected chi connectivity index (χ1v) is 10.6. The number of anilines is 1. The topological polar surface area (TPSA) is 110 Å². The average molecular weight is 408 g/mol. The third kappa shape index (κ3) is 3.48. The Morgan fingerprint density at radius 1 is 1.07 bits per heavy atom. The van der Waals surface area contributed by atoms with Gasteiger partial charge in [0.15, 0.2) is 5.82 Å². The van der Waals surface area contributed by atoms with E-state index in [1.807, 2.05) is 22.9 Å². The minimum absolute atomic E-state index is 0.0843. The summed E-state index contributed by atoms with van der Waals surface area (Å²) in [6.45, 7) is 0.135. The summed E-state index contributed by atoms with van der Waals surface area (Å²) in [7, 11) is 0. The van der Waals surface area contributed by atoms with Crippen molar-refractivity contribution < 1.29 is 14.4 Å². The highest BCUT2D eigenvalue weighted by Crippen LogP contribution is 2.38. The highest BCUT2D eigenvalue weighted by atomic mass is 16.2. The first-order valence-electron chi connectivity index (χ1n) is 10.6. The molecule has 3 fully saturated rings. The molecule has 9 heteroatoms. The van der Waals surface area contributed by atoms with Gasteiger partial charge in [0, 0.05) is 24.2 Å². The van der Waals surface area contributed by atoms with Gasteiger partial charge in [-0.05, 0) is 48.2 Å². The summed E-state index contributed by atoms with van der Waals surface area (Å²) in [6.07, 6.45) is 5.79. The number of tetrazole rings is 1. The number of benzene rings is 1. The fraction of sp³-hybridized carbons (Fsp3) is 0.524. The second-order valence-corrected chi connectivity index (χ2v) is 8.38. The van der Waals surface area contributed by atoms with E-state index in [1.54, 1.807) is 6.07 Å². The fourth-order valence-electron chi connectivity index (χ4n) is 4.57. The number of hydrogen-bond acceptors (Lipinski definition) is 6.